The van der Waals surface area contributed by atoms with Gasteiger partial charge in [-0.05, 0) is 25.8 Å². The van der Waals surface area contributed by atoms with Crippen molar-refractivity contribution in [3.8, 4) is 0 Å². The van der Waals surface area contributed by atoms with E-state index in [9.17, 15) is 9.90 Å². The van der Waals surface area contributed by atoms with Gasteiger partial charge in [-0.1, -0.05) is 6.92 Å². The van der Waals surface area contributed by atoms with Crippen LogP contribution in [0.4, 0.5) is 0 Å². The van der Waals surface area contributed by atoms with Gasteiger partial charge in [0.15, 0.2) is 0 Å². The van der Waals surface area contributed by atoms with Crippen molar-refractivity contribution in [1.82, 2.24) is 9.88 Å². The van der Waals surface area contributed by atoms with Gasteiger partial charge < -0.3 is 5.11 Å². The molecule has 0 unspecified atom stereocenters. The molecule has 0 aromatic carbocycles. The van der Waals surface area contributed by atoms with E-state index in [0.717, 1.165) is 30.9 Å². The van der Waals surface area contributed by atoms with Gasteiger partial charge in [0.05, 0.1) is 5.01 Å². The molecule has 1 aromatic heterocycles. The standard InChI is InChI=1S/C12H18N2O2S/c1-2-10(12(15)16)14-6-3-4-9(8-14)11-13-5-7-17-11/h5,7,9-10H,2-4,6,8H2,1H3,(H,15,16)/t9-,10-/m0/s1. The predicted octanol–water partition coefficient (Wildman–Crippen LogP) is 2.19. The summed E-state index contributed by atoms with van der Waals surface area (Å²) in [6, 6.07) is -0.335. The number of carbonyl (C=O) groups is 1. The van der Waals surface area contributed by atoms with E-state index >= 15 is 0 Å². The third kappa shape index (κ3) is 2.84. The zero-order valence-corrected chi connectivity index (χ0v) is 10.8. The minimum Gasteiger partial charge on any atom is -0.480 e. The monoisotopic (exact) mass is 254 g/mol. The number of thiazole rings is 1. The van der Waals surface area contributed by atoms with Gasteiger partial charge in [0.2, 0.25) is 0 Å². The number of piperidine rings is 1. The summed E-state index contributed by atoms with van der Waals surface area (Å²) >= 11 is 1.67. The smallest absolute Gasteiger partial charge is 0.320 e. The molecule has 2 rings (SSSR count). The lowest BCUT2D eigenvalue weighted by Gasteiger charge is -2.35. The zero-order valence-electron chi connectivity index (χ0n) is 10.0. The first-order valence-corrected chi connectivity index (χ1v) is 6.96. The summed E-state index contributed by atoms with van der Waals surface area (Å²) < 4.78 is 0. The maximum absolute atomic E-state index is 11.2. The van der Waals surface area contributed by atoms with E-state index in [2.05, 4.69) is 9.88 Å². The van der Waals surface area contributed by atoms with Crippen LogP contribution in [0, 0.1) is 0 Å². The molecule has 1 aliphatic rings. The van der Waals surface area contributed by atoms with Gasteiger partial charge in [0, 0.05) is 24.0 Å². The van der Waals surface area contributed by atoms with E-state index in [4.69, 9.17) is 0 Å². The van der Waals surface area contributed by atoms with Crippen molar-refractivity contribution in [2.75, 3.05) is 13.1 Å². The summed E-state index contributed by atoms with van der Waals surface area (Å²) in [4.78, 5) is 17.6. The van der Waals surface area contributed by atoms with Crippen molar-refractivity contribution in [3.05, 3.63) is 16.6 Å². The molecular weight excluding hydrogens is 236 g/mol. The lowest BCUT2D eigenvalue weighted by molar-refractivity contribution is -0.144. The number of carboxylic acids is 1. The molecular formula is C12H18N2O2S. The molecule has 1 saturated heterocycles. The Morgan fingerprint density at radius 2 is 2.59 bits per heavy atom. The molecule has 0 saturated carbocycles. The summed E-state index contributed by atoms with van der Waals surface area (Å²) in [5.74, 6) is -0.288. The number of carboxylic acid groups (broad SMARTS) is 1. The van der Waals surface area contributed by atoms with Crippen LogP contribution in [0.1, 0.15) is 37.1 Å². The Hall–Kier alpha value is -0.940. The van der Waals surface area contributed by atoms with Crippen molar-refractivity contribution >= 4 is 17.3 Å². The van der Waals surface area contributed by atoms with Gasteiger partial charge in [-0.15, -0.1) is 11.3 Å². The lowest BCUT2D eigenvalue weighted by atomic mass is 9.96. The number of likely N-dealkylation sites (tertiary alicyclic amines) is 1. The molecule has 5 heteroatoms. The van der Waals surface area contributed by atoms with E-state index in [1.807, 2.05) is 18.5 Å². The van der Waals surface area contributed by atoms with Crippen LogP contribution in [0.15, 0.2) is 11.6 Å². The van der Waals surface area contributed by atoms with Gasteiger partial charge in [0.1, 0.15) is 6.04 Å². The highest BCUT2D eigenvalue weighted by Gasteiger charge is 2.30. The molecule has 2 heterocycles. The Morgan fingerprint density at radius 1 is 1.76 bits per heavy atom. The van der Waals surface area contributed by atoms with Crippen molar-refractivity contribution in [1.29, 1.82) is 0 Å². The quantitative estimate of drug-likeness (QED) is 0.895. The SMILES string of the molecule is CC[C@@H](C(=O)O)N1CCC[C@H](c2nccs2)C1. The van der Waals surface area contributed by atoms with E-state index in [1.165, 1.54) is 0 Å². The van der Waals surface area contributed by atoms with Crippen LogP contribution < -0.4 is 0 Å². The molecule has 1 aliphatic heterocycles. The molecule has 0 spiro atoms. The Labute approximate surface area is 105 Å². The number of aromatic nitrogens is 1. The predicted molar refractivity (Wildman–Crippen MR) is 67.4 cm³/mol. The second kappa shape index (κ2) is 5.60. The summed E-state index contributed by atoms with van der Waals surface area (Å²) in [5.41, 5.74) is 0. The van der Waals surface area contributed by atoms with E-state index < -0.39 is 5.97 Å². The van der Waals surface area contributed by atoms with Crippen LogP contribution in [0.5, 0.6) is 0 Å². The molecule has 0 bridgehead atoms. The average Bonchev–Trinajstić information content (AvgIpc) is 2.83. The van der Waals surface area contributed by atoms with Gasteiger partial charge in [-0.25, -0.2) is 4.98 Å². The van der Waals surface area contributed by atoms with E-state index in [0.29, 0.717) is 12.3 Å². The molecule has 1 aromatic rings. The maximum atomic E-state index is 11.2. The molecule has 4 nitrogen and oxygen atoms in total. The van der Waals surface area contributed by atoms with Gasteiger partial charge in [-0.3, -0.25) is 9.69 Å². The molecule has 0 aliphatic carbocycles. The number of nitrogens with zero attached hydrogens (tertiary/aromatic N) is 2. The molecule has 2 atom stereocenters. The van der Waals surface area contributed by atoms with Gasteiger partial charge in [0.25, 0.3) is 0 Å². The first kappa shape index (κ1) is 12.5. The second-order valence-corrected chi connectivity index (χ2v) is 5.39. The Morgan fingerprint density at radius 3 is 3.18 bits per heavy atom. The number of hydrogen-bond acceptors (Lipinski definition) is 4. The third-order valence-electron chi connectivity index (χ3n) is 3.37. The molecule has 17 heavy (non-hydrogen) atoms. The van der Waals surface area contributed by atoms with Crippen LogP contribution in [-0.4, -0.2) is 40.1 Å². The molecule has 1 N–H and O–H groups in total. The topological polar surface area (TPSA) is 53.4 Å². The first-order chi connectivity index (χ1) is 8.22. The Bertz CT molecular complexity index is 367. The van der Waals surface area contributed by atoms with Crippen molar-refractivity contribution < 1.29 is 9.90 Å². The molecule has 0 radical (unpaired) electrons. The summed E-state index contributed by atoms with van der Waals surface area (Å²) in [6.07, 6.45) is 4.68. The van der Waals surface area contributed by atoms with Crippen LogP contribution in [0.25, 0.3) is 0 Å². The van der Waals surface area contributed by atoms with Gasteiger partial charge >= 0.3 is 5.97 Å². The highest BCUT2D eigenvalue weighted by molar-refractivity contribution is 7.09. The molecule has 0 amide bonds. The van der Waals surface area contributed by atoms with Crippen LogP contribution >= 0.6 is 11.3 Å². The van der Waals surface area contributed by atoms with Gasteiger partial charge in [-0.2, -0.15) is 0 Å². The zero-order chi connectivity index (χ0) is 12.3. The highest BCUT2D eigenvalue weighted by Crippen LogP contribution is 2.29. The van der Waals surface area contributed by atoms with Crippen molar-refractivity contribution in [3.63, 3.8) is 0 Å². The summed E-state index contributed by atoms with van der Waals surface area (Å²) in [7, 11) is 0. The Balaban J connectivity index is 2.04. The number of aliphatic carboxylic acids is 1. The van der Waals surface area contributed by atoms with Crippen molar-refractivity contribution in [2.45, 2.75) is 38.1 Å². The number of rotatable bonds is 4. The van der Waals surface area contributed by atoms with Crippen molar-refractivity contribution in [2.24, 2.45) is 0 Å². The largest absolute Gasteiger partial charge is 0.480 e. The fourth-order valence-electron chi connectivity index (χ4n) is 2.52. The first-order valence-electron chi connectivity index (χ1n) is 6.08. The third-order valence-corrected chi connectivity index (χ3v) is 4.30. The highest BCUT2D eigenvalue weighted by atomic mass is 32.1. The van der Waals surface area contributed by atoms with E-state index in [1.54, 1.807) is 11.3 Å². The summed E-state index contributed by atoms with van der Waals surface area (Å²) in [5, 5.41) is 12.3. The van der Waals surface area contributed by atoms with Crippen LogP contribution in [0.3, 0.4) is 0 Å². The van der Waals surface area contributed by atoms with Crippen LogP contribution in [0.2, 0.25) is 0 Å². The maximum Gasteiger partial charge on any atom is 0.320 e. The molecule has 94 valence electrons. The van der Waals surface area contributed by atoms with E-state index in [-0.39, 0.29) is 6.04 Å². The minimum absolute atomic E-state index is 0.335. The lowest BCUT2D eigenvalue weighted by Crippen LogP contribution is -2.45. The number of hydrogen-bond donors (Lipinski definition) is 1. The average molecular weight is 254 g/mol. The minimum atomic E-state index is -0.702. The Kier molecular flexibility index (Phi) is 4.12. The second-order valence-electron chi connectivity index (χ2n) is 4.47. The fourth-order valence-corrected chi connectivity index (χ4v) is 3.28. The normalized spacial score (nSPS) is 23.5. The fraction of sp³-hybridized carbons (Fsp3) is 0.667. The van der Waals surface area contributed by atoms with Crippen LogP contribution in [-0.2, 0) is 4.79 Å². The summed E-state index contributed by atoms with van der Waals surface area (Å²) in [6.45, 7) is 3.66. The molecule has 1 fully saturated rings.